The largest absolute Gasteiger partial charge is 0.366 e. The van der Waals surface area contributed by atoms with Crippen molar-refractivity contribution < 1.29 is 9.59 Å². The number of nitrogens with one attached hydrogen (secondary N) is 1. The van der Waals surface area contributed by atoms with E-state index in [0.29, 0.717) is 30.1 Å². The number of hydrogen-bond donors (Lipinski definition) is 2. The second kappa shape index (κ2) is 6.70. The molecule has 6 nitrogen and oxygen atoms in total. The van der Waals surface area contributed by atoms with Gasteiger partial charge in [-0.3, -0.25) is 14.4 Å². The molecule has 0 radical (unpaired) electrons. The summed E-state index contributed by atoms with van der Waals surface area (Å²) in [6, 6.07) is 10.2. The molecule has 3 N–H and O–H groups in total. The minimum atomic E-state index is -0.432. The average Bonchev–Trinajstić information content (AvgIpc) is 3.03. The first-order valence-electron chi connectivity index (χ1n) is 7.89. The van der Waals surface area contributed by atoms with Crippen molar-refractivity contribution in [3.05, 3.63) is 69.6 Å². The summed E-state index contributed by atoms with van der Waals surface area (Å²) in [7, 11) is 0. The van der Waals surface area contributed by atoms with Crippen molar-refractivity contribution in [1.82, 2.24) is 9.88 Å². The van der Waals surface area contributed by atoms with Gasteiger partial charge in [-0.1, -0.05) is 12.1 Å². The van der Waals surface area contributed by atoms with Crippen molar-refractivity contribution in [2.75, 3.05) is 13.1 Å². The number of H-pyrrole nitrogens is 1. The Bertz CT molecular complexity index is 808. The molecule has 3 rings (SSSR count). The Balaban J connectivity index is 1.64. The average molecular weight is 325 g/mol. The number of nitrogens with two attached hydrogens (primary N) is 1. The van der Waals surface area contributed by atoms with Crippen molar-refractivity contribution >= 4 is 11.8 Å². The number of aromatic nitrogens is 1. The lowest BCUT2D eigenvalue weighted by atomic mass is 9.97. The fourth-order valence-electron chi connectivity index (χ4n) is 3.09. The number of carbonyl (C=O) groups excluding carboxylic acids is 2. The van der Waals surface area contributed by atoms with Gasteiger partial charge in [0.05, 0.1) is 5.56 Å². The first-order chi connectivity index (χ1) is 11.5. The maximum absolute atomic E-state index is 12.4. The summed E-state index contributed by atoms with van der Waals surface area (Å²) in [5.74, 6) is -0.155. The number of aromatic amines is 1. The summed E-state index contributed by atoms with van der Waals surface area (Å²) in [4.78, 5) is 39.1. The van der Waals surface area contributed by atoms with Crippen LogP contribution in [0.5, 0.6) is 0 Å². The summed E-state index contributed by atoms with van der Waals surface area (Å²) in [6.07, 6.45) is 3.17. The van der Waals surface area contributed by atoms with Gasteiger partial charge in [-0.25, -0.2) is 0 Å². The van der Waals surface area contributed by atoms with Crippen molar-refractivity contribution in [1.29, 1.82) is 0 Å². The summed E-state index contributed by atoms with van der Waals surface area (Å²) in [5, 5.41) is 0. The van der Waals surface area contributed by atoms with Crippen LogP contribution in [0.15, 0.2) is 47.4 Å². The zero-order valence-corrected chi connectivity index (χ0v) is 13.2. The predicted octanol–water partition coefficient (Wildman–Crippen LogP) is 1.18. The van der Waals surface area contributed by atoms with Gasteiger partial charge in [-0.15, -0.1) is 0 Å². The quantitative estimate of drug-likeness (QED) is 0.883. The van der Waals surface area contributed by atoms with E-state index in [0.717, 1.165) is 18.4 Å². The van der Waals surface area contributed by atoms with E-state index in [2.05, 4.69) is 4.98 Å². The zero-order chi connectivity index (χ0) is 17.1. The van der Waals surface area contributed by atoms with E-state index in [9.17, 15) is 14.4 Å². The van der Waals surface area contributed by atoms with Crippen molar-refractivity contribution in [3.8, 4) is 0 Å². The van der Waals surface area contributed by atoms with E-state index in [1.54, 1.807) is 17.0 Å². The van der Waals surface area contributed by atoms with Crippen LogP contribution in [0, 0.1) is 5.92 Å². The van der Waals surface area contributed by atoms with E-state index >= 15 is 0 Å². The molecule has 1 saturated heterocycles. The van der Waals surface area contributed by atoms with Gasteiger partial charge in [-0.2, -0.15) is 0 Å². The van der Waals surface area contributed by atoms with Gasteiger partial charge < -0.3 is 15.6 Å². The normalized spacial score (nSPS) is 17.0. The predicted molar refractivity (Wildman–Crippen MR) is 89.7 cm³/mol. The Hall–Kier alpha value is -2.89. The molecule has 1 aromatic carbocycles. The highest BCUT2D eigenvalue weighted by Crippen LogP contribution is 2.22. The molecular weight excluding hydrogens is 306 g/mol. The fraction of sp³-hybridized carbons (Fsp3) is 0.278. The molecule has 1 atom stereocenters. The molecule has 24 heavy (non-hydrogen) atoms. The van der Waals surface area contributed by atoms with E-state index in [1.165, 1.54) is 12.3 Å². The van der Waals surface area contributed by atoms with Gasteiger partial charge in [-0.05, 0) is 42.5 Å². The Labute approximate surface area is 139 Å². The van der Waals surface area contributed by atoms with Crippen LogP contribution < -0.4 is 11.3 Å². The molecule has 0 spiro atoms. The third kappa shape index (κ3) is 3.53. The van der Waals surface area contributed by atoms with Gasteiger partial charge in [0.2, 0.25) is 11.5 Å². The highest BCUT2D eigenvalue weighted by molar-refractivity contribution is 5.94. The fourth-order valence-corrected chi connectivity index (χ4v) is 3.09. The van der Waals surface area contributed by atoms with E-state index in [4.69, 9.17) is 5.73 Å². The van der Waals surface area contributed by atoms with Crippen molar-refractivity contribution in [2.24, 2.45) is 11.7 Å². The Kier molecular flexibility index (Phi) is 4.46. The second-order valence-electron chi connectivity index (χ2n) is 6.12. The smallest absolute Gasteiger partial charge is 0.255 e. The second-order valence-corrected chi connectivity index (χ2v) is 6.12. The number of rotatable bonds is 4. The van der Waals surface area contributed by atoms with Crippen LogP contribution in [0.1, 0.15) is 32.7 Å². The molecule has 1 unspecified atom stereocenters. The number of amides is 2. The Morgan fingerprint density at radius 2 is 2.04 bits per heavy atom. The van der Waals surface area contributed by atoms with Gasteiger partial charge >= 0.3 is 0 Å². The Morgan fingerprint density at radius 1 is 1.21 bits per heavy atom. The minimum Gasteiger partial charge on any atom is -0.366 e. The minimum absolute atomic E-state index is 0.0698. The molecule has 1 aliphatic rings. The molecular formula is C18H19N3O3. The number of hydrogen-bond acceptors (Lipinski definition) is 3. The molecule has 1 fully saturated rings. The molecule has 2 heterocycles. The molecule has 1 aliphatic heterocycles. The molecule has 0 saturated carbocycles. The van der Waals surface area contributed by atoms with Gasteiger partial charge in [0.1, 0.15) is 0 Å². The molecule has 2 aromatic rings. The van der Waals surface area contributed by atoms with Crippen molar-refractivity contribution in [2.45, 2.75) is 12.8 Å². The van der Waals surface area contributed by atoms with Gasteiger partial charge in [0, 0.05) is 30.9 Å². The SMILES string of the molecule is NC(=O)c1cccc(CC2CCN(C(=O)c3ccc(=O)[nH]c3)C2)c1. The van der Waals surface area contributed by atoms with E-state index in [-0.39, 0.29) is 11.5 Å². The van der Waals surface area contributed by atoms with Crippen LogP contribution in [-0.4, -0.2) is 34.8 Å². The molecule has 0 aliphatic carbocycles. The molecule has 124 valence electrons. The summed E-state index contributed by atoms with van der Waals surface area (Å²) in [5.41, 5.74) is 7.14. The Morgan fingerprint density at radius 3 is 2.75 bits per heavy atom. The zero-order valence-electron chi connectivity index (χ0n) is 13.2. The van der Waals surface area contributed by atoms with Crippen LogP contribution in [0.3, 0.4) is 0 Å². The molecule has 6 heteroatoms. The van der Waals surface area contributed by atoms with Crippen LogP contribution in [0.2, 0.25) is 0 Å². The van der Waals surface area contributed by atoms with Crippen LogP contribution >= 0.6 is 0 Å². The standard InChI is InChI=1S/C18H19N3O3/c19-17(23)14-3-1-2-12(9-14)8-13-6-7-21(11-13)18(24)15-4-5-16(22)20-10-15/h1-5,9-10,13H,6-8,11H2,(H2,19,23)(H,20,22). The lowest BCUT2D eigenvalue weighted by Gasteiger charge is -2.16. The van der Waals surface area contributed by atoms with Crippen molar-refractivity contribution in [3.63, 3.8) is 0 Å². The summed E-state index contributed by atoms with van der Waals surface area (Å²) >= 11 is 0. The molecule has 1 aromatic heterocycles. The first kappa shape index (κ1) is 16.0. The lowest BCUT2D eigenvalue weighted by molar-refractivity contribution is 0.0786. The van der Waals surface area contributed by atoms with Gasteiger partial charge in [0.15, 0.2) is 0 Å². The number of pyridine rings is 1. The van der Waals surface area contributed by atoms with Crippen LogP contribution in [0.4, 0.5) is 0 Å². The maximum Gasteiger partial charge on any atom is 0.255 e. The topological polar surface area (TPSA) is 96.3 Å². The maximum atomic E-state index is 12.4. The van der Waals surface area contributed by atoms with Crippen LogP contribution in [0.25, 0.3) is 0 Å². The highest BCUT2D eigenvalue weighted by Gasteiger charge is 2.27. The third-order valence-electron chi connectivity index (χ3n) is 4.34. The highest BCUT2D eigenvalue weighted by atomic mass is 16.2. The molecule has 0 bridgehead atoms. The number of likely N-dealkylation sites (tertiary alicyclic amines) is 1. The molecule has 2 amide bonds. The van der Waals surface area contributed by atoms with E-state index in [1.807, 2.05) is 18.2 Å². The number of carbonyl (C=O) groups is 2. The first-order valence-corrected chi connectivity index (χ1v) is 7.89. The lowest BCUT2D eigenvalue weighted by Crippen LogP contribution is -2.29. The third-order valence-corrected chi connectivity index (χ3v) is 4.34. The number of primary amides is 1. The van der Waals surface area contributed by atoms with Crippen LogP contribution in [-0.2, 0) is 6.42 Å². The summed E-state index contributed by atoms with van der Waals surface area (Å²) < 4.78 is 0. The van der Waals surface area contributed by atoms with E-state index < -0.39 is 5.91 Å². The van der Waals surface area contributed by atoms with Gasteiger partial charge in [0.25, 0.3) is 5.91 Å². The number of nitrogens with zero attached hydrogens (tertiary/aromatic N) is 1. The number of benzene rings is 1. The monoisotopic (exact) mass is 325 g/mol. The summed E-state index contributed by atoms with van der Waals surface area (Å²) in [6.45, 7) is 1.36.